The summed E-state index contributed by atoms with van der Waals surface area (Å²) in [5.41, 5.74) is 0. The normalized spacial score (nSPS) is 1.50. The van der Waals surface area contributed by atoms with E-state index in [1.165, 1.54) is 0 Å². The first-order valence-electron chi connectivity index (χ1n) is 0.200. The molecule has 0 saturated carbocycles. The predicted octanol–water partition coefficient (Wildman–Crippen LogP) is 0.0124. The van der Waals surface area contributed by atoms with Crippen LogP contribution in [-0.4, -0.2) is 10.5 Å². The van der Waals surface area contributed by atoms with Gasteiger partial charge in [-0.15, -0.1) is 0 Å². The molecule has 0 aliphatic rings. The molecule has 0 spiro atoms. The van der Waals surface area contributed by atoms with Crippen LogP contribution in [0.15, 0.2) is 0 Å². The van der Waals surface area contributed by atoms with E-state index in [4.69, 9.17) is 10.5 Å². The summed E-state index contributed by atoms with van der Waals surface area (Å²) in [6.07, 6.45) is 0. The maximum atomic E-state index is 6.00. The Balaban J connectivity index is -0.00000000500. The molecule has 0 rings (SSSR count). The molecule has 0 aromatic carbocycles. The topological polar surface area (TPSA) is 40.5 Å². The van der Waals surface area contributed by atoms with Crippen LogP contribution >= 0.6 is 0 Å². The summed E-state index contributed by atoms with van der Waals surface area (Å²) in [5.74, 6) is 0. The van der Waals surface area contributed by atoms with Crippen molar-refractivity contribution in [3.63, 3.8) is 0 Å². The van der Waals surface area contributed by atoms with Gasteiger partial charge in [-0.2, -0.15) is 0 Å². The van der Waals surface area contributed by atoms with Crippen LogP contribution in [0, 0.1) is 0 Å². The largest absolute Gasteiger partial charge is 0.255 e. The number of hydrogen-bond acceptors (Lipinski definition) is 2. The minimum Gasteiger partial charge on any atom is -0.255 e. The predicted molar refractivity (Wildman–Crippen MR) is 5.26 cm³/mol. The minimum atomic E-state index is 0. The molecule has 0 amide bonds. The molecule has 2 nitrogen and oxygen atoms in total. The summed E-state index contributed by atoms with van der Waals surface area (Å²) in [5, 5.41) is 12.0. The van der Waals surface area contributed by atoms with Crippen molar-refractivity contribution in [3.8, 4) is 0 Å². The van der Waals surface area contributed by atoms with Crippen LogP contribution in [-0.2, 0) is 37.5 Å². The molecule has 35 valence electrons. The van der Waals surface area contributed by atoms with Crippen molar-refractivity contribution in [2.24, 2.45) is 0 Å². The standard InChI is InChI=1S/Cu.H2O2.Pd/c;1-2;/h;1-2H;. The van der Waals surface area contributed by atoms with Crippen molar-refractivity contribution in [1.29, 1.82) is 0 Å². The van der Waals surface area contributed by atoms with Gasteiger partial charge < -0.3 is 0 Å². The van der Waals surface area contributed by atoms with E-state index in [-0.39, 0.29) is 37.5 Å². The zero-order chi connectivity index (χ0) is 2.00. The molecular formula is H2CuO2Pd. The first-order chi connectivity index (χ1) is 1.00. The Bertz CT molecular complexity index is 6.00. The van der Waals surface area contributed by atoms with E-state index in [2.05, 4.69) is 0 Å². The second-order valence-electron chi connectivity index (χ2n) is 0. The summed E-state index contributed by atoms with van der Waals surface area (Å²) >= 11 is 0. The van der Waals surface area contributed by atoms with Crippen molar-refractivity contribution >= 4 is 0 Å². The molecule has 0 saturated heterocycles. The molecule has 0 aromatic rings. The fourth-order valence-corrected chi connectivity index (χ4v) is 0. The van der Waals surface area contributed by atoms with Crippen molar-refractivity contribution < 1.29 is 48.0 Å². The monoisotopic (exact) mass is 203 g/mol. The van der Waals surface area contributed by atoms with Gasteiger partial charge >= 0.3 is 0 Å². The van der Waals surface area contributed by atoms with Crippen molar-refractivity contribution in [2.75, 3.05) is 0 Å². The van der Waals surface area contributed by atoms with Gasteiger partial charge in [0.05, 0.1) is 0 Å². The molecular weight excluding hydrogens is 202 g/mol. The van der Waals surface area contributed by atoms with Gasteiger partial charge in [-0.05, 0) is 0 Å². The second kappa shape index (κ2) is 32.5. The van der Waals surface area contributed by atoms with E-state index in [1.807, 2.05) is 0 Å². The molecule has 0 bridgehead atoms. The van der Waals surface area contributed by atoms with E-state index >= 15 is 0 Å². The molecule has 0 unspecified atom stereocenters. The third kappa shape index (κ3) is 11.3. The smallest absolute Gasteiger partial charge is 0 e. The van der Waals surface area contributed by atoms with E-state index in [0.717, 1.165) is 0 Å². The van der Waals surface area contributed by atoms with E-state index in [1.54, 1.807) is 0 Å². The first kappa shape index (κ1) is 19.4. The summed E-state index contributed by atoms with van der Waals surface area (Å²) < 4.78 is 0. The van der Waals surface area contributed by atoms with Gasteiger partial charge in [-0.3, -0.25) is 10.5 Å². The molecule has 0 aliphatic carbocycles. The Kier molecular flexibility index (Phi) is 158. The molecule has 4 heteroatoms. The van der Waals surface area contributed by atoms with Gasteiger partial charge in [0.2, 0.25) is 0 Å². The Morgan fingerprint density at radius 2 is 1.00 bits per heavy atom. The SMILES string of the molecule is OO.[Cu].[Pd]. The van der Waals surface area contributed by atoms with E-state index in [0.29, 0.717) is 0 Å². The van der Waals surface area contributed by atoms with Gasteiger partial charge in [-0.25, -0.2) is 0 Å². The van der Waals surface area contributed by atoms with Crippen molar-refractivity contribution in [3.05, 3.63) is 0 Å². The fourth-order valence-electron chi connectivity index (χ4n) is 0. The van der Waals surface area contributed by atoms with Crippen LogP contribution < -0.4 is 0 Å². The Hall–Kier alpha value is 1.10. The van der Waals surface area contributed by atoms with Crippen LogP contribution in [0.5, 0.6) is 0 Å². The van der Waals surface area contributed by atoms with Gasteiger partial charge in [0.15, 0.2) is 0 Å². The minimum absolute atomic E-state index is 0. The molecule has 0 fully saturated rings. The second-order valence-corrected chi connectivity index (χ2v) is 0. The molecule has 0 heterocycles. The summed E-state index contributed by atoms with van der Waals surface area (Å²) in [4.78, 5) is 0. The summed E-state index contributed by atoms with van der Waals surface area (Å²) in [6.45, 7) is 0. The van der Waals surface area contributed by atoms with E-state index in [9.17, 15) is 0 Å². The maximum absolute atomic E-state index is 6.00. The Morgan fingerprint density at radius 3 is 1.00 bits per heavy atom. The third-order valence-corrected chi connectivity index (χ3v) is 0. The summed E-state index contributed by atoms with van der Waals surface area (Å²) in [7, 11) is 0. The zero-order valence-electron chi connectivity index (χ0n) is 1.51. The van der Waals surface area contributed by atoms with Crippen LogP contribution in [0.4, 0.5) is 0 Å². The average Bonchev–Trinajstić information content (AvgIpc) is 1.00. The molecule has 0 aliphatic heterocycles. The molecule has 0 aromatic heterocycles. The molecule has 4 heavy (non-hydrogen) atoms. The zero-order valence-corrected chi connectivity index (χ0v) is 4.01. The van der Waals surface area contributed by atoms with Crippen molar-refractivity contribution in [1.82, 2.24) is 0 Å². The van der Waals surface area contributed by atoms with Gasteiger partial charge in [0.1, 0.15) is 0 Å². The van der Waals surface area contributed by atoms with Crippen LogP contribution in [0.3, 0.4) is 0 Å². The van der Waals surface area contributed by atoms with Crippen LogP contribution in [0.2, 0.25) is 0 Å². The van der Waals surface area contributed by atoms with Crippen LogP contribution in [0.1, 0.15) is 0 Å². The molecule has 0 atom stereocenters. The Morgan fingerprint density at radius 1 is 1.00 bits per heavy atom. The quantitative estimate of drug-likeness (QED) is 0.331. The number of rotatable bonds is 0. The number of hydrogen-bond donors (Lipinski definition) is 2. The summed E-state index contributed by atoms with van der Waals surface area (Å²) in [6, 6.07) is 0. The Labute approximate surface area is 48.3 Å². The van der Waals surface area contributed by atoms with Gasteiger partial charge in [0.25, 0.3) is 0 Å². The molecule has 1 radical (unpaired) electrons. The van der Waals surface area contributed by atoms with E-state index < -0.39 is 0 Å². The third-order valence-electron chi connectivity index (χ3n) is 0. The average molecular weight is 204 g/mol. The van der Waals surface area contributed by atoms with Crippen molar-refractivity contribution in [2.45, 2.75) is 0 Å². The van der Waals surface area contributed by atoms with Gasteiger partial charge in [0, 0.05) is 37.5 Å². The first-order valence-corrected chi connectivity index (χ1v) is 0.200. The molecule has 2 N–H and O–H groups in total. The van der Waals surface area contributed by atoms with Crippen LogP contribution in [0.25, 0.3) is 0 Å². The van der Waals surface area contributed by atoms with Gasteiger partial charge in [-0.1, -0.05) is 0 Å². The fraction of sp³-hybridized carbons (Fsp3) is 0. The maximum Gasteiger partial charge on any atom is 0 e.